The Labute approximate surface area is 167 Å². The predicted octanol–water partition coefficient (Wildman–Crippen LogP) is 4.01. The monoisotopic (exact) mass is 404 g/mol. The minimum Gasteiger partial charge on any atom is -0.493 e. The number of benzene rings is 2. The maximum Gasteiger partial charge on any atom is 0.387 e. The second kappa shape index (κ2) is 8.89. The van der Waals surface area contributed by atoms with E-state index in [0.717, 1.165) is 17.7 Å². The topological polar surface area (TPSA) is 60.4 Å². The average Bonchev–Trinajstić information content (AvgIpc) is 3.03. The van der Waals surface area contributed by atoms with Crippen molar-refractivity contribution in [3.8, 4) is 11.5 Å². The number of hydrogen-bond acceptors (Lipinski definition) is 5. The molecule has 0 saturated heterocycles. The molecule has 0 radical (unpaired) electrons. The Morgan fingerprint density at radius 3 is 2.72 bits per heavy atom. The molecule has 0 fully saturated rings. The van der Waals surface area contributed by atoms with Crippen LogP contribution in [-0.4, -0.2) is 38.0 Å². The van der Waals surface area contributed by atoms with Crippen LogP contribution in [0.5, 0.6) is 11.5 Å². The predicted molar refractivity (Wildman–Crippen MR) is 105 cm³/mol. The smallest absolute Gasteiger partial charge is 0.387 e. The number of anilines is 1. The maximum absolute atomic E-state index is 12.8. The number of oxime groups is 1. The van der Waals surface area contributed by atoms with Crippen molar-refractivity contribution in [2.45, 2.75) is 39.0 Å². The number of carbonyl (C=O) groups excluding carboxylic acids is 1. The molecule has 2 aromatic rings. The fourth-order valence-corrected chi connectivity index (χ4v) is 3.28. The maximum atomic E-state index is 12.8. The van der Waals surface area contributed by atoms with Gasteiger partial charge in [0.2, 0.25) is 6.10 Å². The first-order valence-electron chi connectivity index (χ1n) is 9.13. The molecule has 2 atom stereocenters. The zero-order chi connectivity index (χ0) is 21.0. The first-order chi connectivity index (χ1) is 13.9. The molecule has 1 amide bonds. The third-order valence-corrected chi connectivity index (χ3v) is 4.62. The zero-order valence-electron chi connectivity index (χ0n) is 16.3. The van der Waals surface area contributed by atoms with Crippen molar-refractivity contribution >= 4 is 17.8 Å². The van der Waals surface area contributed by atoms with Gasteiger partial charge in [-0.1, -0.05) is 23.4 Å². The molecule has 154 valence electrons. The van der Waals surface area contributed by atoms with Crippen molar-refractivity contribution in [1.82, 2.24) is 0 Å². The second-order valence-corrected chi connectivity index (χ2v) is 6.66. The molecule has 3 rings (SSSR count). The number of halogens is 2. The van der Waals surface area contributed by atoms with Crippen molar-refractivity contribution in [2.24, 2.45) is 5.16 Å². The largest absolute Gasteiger partial charge is 0.493 e. The van der Waals surface area contributed by atoms with Gasteiger partial charge in [0.25, 0.3) is 5.91 Å². The summed E-state index contributed by atoms with van der Waals surface area (Å²) in [4.78, 5) is 19.9. The molecule has 29 heavy (non-hydrogen) atoms. The number of rotatable bonds is 7. The van der Waals surface area contributed by atoms with E-state index in [4.69, 9.17) is 9.57 Å². The van der Waals surface area contributed by atoms with E-state index in [1.807, 2.05) is 31.2 Å². The lowest BCUT2D eigenvalue weighted by Crippen LogP contribution is -2.42. The third kappa shape index (κ3) is 4.64. The van der Waals surface area contributed by atoms with Crippen molar-refractivity contribution in [3.05, 3.63) is 53.6 Å². The average molecular weight is 404 g/mol. The number of hydrogen-bond donors (Lipinski definition) is 0. The second-order valence-electron chi connectivity index (χ2n) is 6.66. The minimum atomic E-state index is -2.95. The Kier molecular flexibility index (Phi) is 6.31. The summed E-state index contributed by atoms with van der Waals surface area (Å²) in [7, 11) is 1.35. The Balaban J connectivity index is 1.65. The van der Waals surface area contributed by atoms with Crippen LogP contribution in [0, 0.1) is 0 Å². The molecule has 0 aromatic heterocycles. The fourth-order valence-electron chi connectivity index (χ4n) is 3.28. The van der Waals surface area contributed by atoms with Crippen molar-refractivity contribution in [1.29, 1.82) is 0 Å². The van der Waals surface area contributed by atoms with Crippen LogP contribution in [-0.2, 0) is 16.1 Å². The van der Waals surface area contributed by atoms with E-state index >= 15 is 0 Å². The normalized spacial score (nSPS) is 16.8. The number of amides is 1. The van der Waals surface area contributed by atoms with Crippen LogP contribution >= 0.6 is 0 Å². The van der Waals surface area contributed by atoms with Gasteiger partial charge in [-0.15, -0.1) is 0 Å². The first kappa shape index (κ1) is 20.6. The number of alkyl halides is 2. The lowest BCUT2D eigenvalue weighted by Gasteiger charge is -2.24. The highest BCUT2D eigenvalue weighted by atomic mass is 19.3. The van der Waals surface area contributed by atoms with Gasteiger partial charge in [-0.2, -0.15) is 8.78 Å². The van der Waals surface area contributed by atoms with E-state index in [2.05, 4.69) is 9.89 Å². The summed E-state index contributed by atoms with van der Waals surface area (Å²) in [6.45, 7) is 0.674. The van der Waals surface area contributed by atoms with Crippen LogP contribution in [0.25, 0.3) is 0 Å². The standard InChI is InChI=1S/C21H22F2N2O4/c1-13-10-16-6-4-5-7-17(16)25(13)20(26)14(2)29-24-12-15-8-9-18(28-21(22)23)19(11-15)27-3/h4-9,11-14,21H,10H2,1-3H3. The molecule has 2 unspecified atom stereocenters. The molecule has 0 spiro atoms. The van der Waals surface area contributed by atoms with Crippen LogP contribution in [0.1, 0.15) is 25.0 Å². The Bertz CT molecular complexity index is 904. The summed E-state index contributed by atoms with van der Waals surface area (Å²) >= 11 is 0. The summed E-state index contributed by atoms with van der Waals surface area (Å²) in [6, 6.07) is 12.2. The highest BCUT2D eigenvalue weighted by molar-refractivity contribution is 5.98. The van der Waals surface area contributed by atoms with E-state index < -0.39 is 12.7 Å². The lowest BCUT2D eigenvalue weighted by molar-refractivity contribution is -0.129. The van der Waals surface area contributed by atoms with Gasteiger partial charge in [0.1, 0.15) is 0 Å². The Hall–Kier alpha value is -3.16. The molecular formula is C21H22F2N2O4. The summed E-state index contributed by atoms with van der Waals surface area (Å²) in [5.74, 6) is -0.121. The molecule has 2 aromatic carbocycles. The molecule has 0 bridgehead atoms. The van der Waals surface area contributed by atoms with Gasteiger partial charge >= 0.3 is 6.61 Å². The van der Waals surface area contributed by atoms with Crippen molar-refractivity contribution in [3.63, 3.8) is 0 Å². The highest BCUT2D eigenvalue weighted by Crippen LogP contribution is 2.32. The van der Waals surface area contributed by atoms with E-state index in [9.17, 15) is 13.6 Å². The third-order valence-electron chi connectivity index (χ3n) is 4.62. The van der Waals surface area contributed by atoms with Gasteiger partial charge in [0.15, 0.2) is 11.5 Å². The fraction of sp³-hybridized carbons (Fsp3) is 0.333. The minimum absolute atomic E-state index is 0.0431. The first-order valence-corrected chi connectivity index (χ1v) is 9.13. The number of ether oxygens (including phenoxy) is 2. The number of carbonyl (C=O) groups is 1. The molecular weight excluding hydrogens is 382 g/mol. The van der Waals surface area contributed by atoms with Crippen LogP contribution in [0.2, 0.25) is 0 Å². The molecule has 0 aliphatic carbocycles. The van der Waals surface area contributed by atoms with Crippen LogP contribution < -0.4 is 14.4 Å². The van der Waals surface area contributed by atoms with E-state index in [-0.39, 0.29) is 23.4 Å². The summed E-state index contributed by atoms with van der Waals surface area (Å²) in [6.07, 6.45) is 1.38. The summed E-state index contributed by atoms with van der Waals surface area (Å²) in [5.41, 5.74) is 2.56. The Morgan fingerprint density at radius 1 is 1.24 bits per heavy atom. The number of fused-ring (bicyclic) bond motifs is 1. The van der Waals surface area contributed by atoms with Crippen LogP contribution in [0.4, 0.5) is 14.5 Å². The van der Waals surface area contributed by atoms with E-state index in [0.29, 0.717) is 5.56 Å². The van der Waals surface area contributed by atoms with E-state index in [1.54, 1.807) is 11.8 Å². The molecule has 0 N–H and O–H groups in total. The molecule has 1 heterocycles. The summed E-state index contributed by atoms with van der Waals surface area (Å²) in [5, 5.41) is 3.86. The SMILES string of the molecule is COc1cc(C=NOC(C)C(=O)N2c3ccccc3CC2C)ccc1OC(F)F. The van der Waals surface area contributed by atoms with Gasteiger partial charge in [0.05, 0.1) is 13.3 Å². The lowest BCUT2D eigenvalue weighted by atomic mass is 10.1. The van der Waals surface area contributed by atoms with Gasteiger partial charge < -0.3 is 19.2 Å². The number of para-hydroxylation sites is 1. The number of methoxy groups -OCH3 is 1. The van der Waals surface area contributed by atoms with Crippen molar-refractivity contribution < 1.29 is 27.9 Å². The van der Waals surface area contributed by atoms with Crippen LogP contribution in [0.3, 0.4) is 0 Å². The highest BCUT2D eigenvalue weighted by Gasteiger charge is 2.33. The molecule has 6 nitrogen and oxygen atoms in total. The molecule has 1 aliphatic heterocycles. The van der Waals surface area contributed by atoms with Gasteiger partial charge in [-0.3, -0.25) is 4.79 Å². The Morgan fingerprint density at radius 2 is 2.00 bits per heavy atom. The molecule has 1 aliphatic rings. The summed E-state index contributed by atoms with van der Waals surface area (Å²) < 4.78 is 34.2. The van der Waals surface area contributed by atoms with Gasteiger partial charge in [-0.25, -0.2) is 0 Å². The molecule has 8 heteroatoms. The van der Waals surface area contributed by atoms with E-state index in [1.165, 1.54) is 31.5 Å². The molecule has 0 saturated carbocycles. The zero-order valence-corrected chi connectivity index (χ0v) is 16.3. The number of nitrogens with zero attached hydrogens (tertiary/aromatic N) is 2. The van der Waals surface area contributed by atoms with Crippen molar-refractivity contribution in [2.75, 3.05) is 12.0 Å². The van der Waals surface area contributed by atoms with Crippen LogP contribution in [0.15, 0.2) is 47.6 Å². The van der Waals surface area contributed by atoms with Gasteiger partial charge in [-0.05, 0) is 50.1 Å². The van der Waals surface area contributed by atoms with Gasteiger partial charge in [0, 0.05) is 17.3 Å². The quantitative estimate of drug-likeness (QED) is 0.517.